The molecule has 0 heterocycles. The van der Waals surface area contributed by atoms with Gasteiger partial charge in [-0.3, -0.25) is 0 Å². The summed E-state index contributed by atoms with van der Waals surface area (Å²) in [5.41, 5.74) is 1.30. The average molecular weight is 255 g/mol. The SMILES string of the molecule is CC(NCC(C)(O)c1ccccc1)c1ccccc1. The van der Waals surface area contributed by atoms with Crippen molar-refractivity contribution in [1.29, 1.82) is 0 Å². The summed E-state index contributed by atoms with van der Waals surface area (Å²) in [5, 5.41) is 13.9. The molecule has 2 aromatic rings. The van der Waals surface area contributed by atoms with Crippen LogP contribution in [0.1, 0.15) is 31.0 Å². The first-order valence-corrected chi connectivity index (χ1v) is 6.66. The second-order valence-corrected chi connectivity index (χ2v) is 5.15. The third-order valence-corrected chi connectivity index (χ3v) is 3.45. The van der Waals surface area contributed by atoms with Crippen molar-refractivity contribution in [2.75, 3.05) is 6.54 Å². The van der Waals surface area contributed by atoms with E-state index in [1.807, 2.05) is 55.5 Å². The molecule has 0 fully saturated rings. The first-order valence-electron chi connectivity index (χ1n) is 6.66. The maximum absolute atomic E-state index is 10.5. The van der Waals surface area contributed by atoms with Crippen LogP contribution in [-0.4, -0.2) is 11.7 Å². The van der Waals surface area contributed by atoms with Gasteiger partial charge >= 0.3 is 0 Å². The van der Waals surface area contributed by atoms with Crippen molar-refractivity contribution in [2.24, 2.45) is 0 Å². The van der Waals surface area contributed by atoms with Crippen molar-refractivity contribution in [3.05, 3.63) is 71.8 Å². The monoisotopic (exact) mass is 255 g/mol. The Morgan fingerprint density at radius 3 is 2.11 bits per heavy atom. The summed E-state index contributed by atoms with van der Waals surface area (Å²) in [5.74, 6) is 0. The van der Waals surface area contributed by atoms with E-state index in [1.165, 1.54) is 5.56 Å². The molecule has 2 unspecified atom stereocenters. The standard InChI is InChI=1S/C17H21NO/c1-14(15-9-5-3-6-10-15)18-13-17(2,19)16-11-7-4-8-12-16/h3-12,14,18-19H,13H2,1-2H3. The Bertz CT molecular complexity index is 493. The Morgan fingerprint density at radius 1 is 1.00 bits per heavy atom. The zero-order valence-corrected chi connectivity index (χ0v) is 11.5. The normalized spacial score (nSPS) is 15.7. The summed E-state index contributed by atoms with van der Waals surface area (Å²) in [6, 6.07) is 20.2. The smallest absolute Gasteiger partial charge is 0.0992 e. The highest BCUT2D eigenvalue weighted by Crippen LogP contribution is 2.20. The molecule has 2 heteroatoms. The lowest BCUT2D eigenvalue weighted by atomic mass is 9.95. The summed E-state index contributed by atoms with van der Waals surface area (Å²) < 4.78 is 0. The molecule has 2 nitrogen and oxygen atoms in total. The molecule has 0 radical (unpaired) electrons. The lowest BCUT2D eigenvalue weighted by Crippen LogP contribution is -2.36. The van der Waals surface area contributed by atoms with Crippen LogP contribution in [0.4, 0.5) is 0 Å². The maximum Gasteiger partial charge on any atom is 0.0992 e. The van der Waals surface area contributed by atoms with Gasteiger partial charge in [-0.05, 0) is 25.0 Å². The minimum Gasteiger partial charge on any atom is -0.384 e. The molecule has 0 saturated heterocycles. The van der Waals surface area contributed by atoms with Gasteiger partial charge in [0.1, 0.15) is 0 Å². The number of benzene rings is 2. The van der Waals surface area contributed by atoms with E-state index in [4.69, 9.17) is 0 Å². The Hall–Kier alpha value is -1.64. The molecule has 0 spiro atoms. The zero-order chi connectivity index (χ0) is 13.7. The van der Waals surface area contributed by atoms with Crippen LogP contribution in [-0.2, 0) is 5.60 Å². The molecule has 0 aliphatic heterocycles. The van der Waals surface area contributed by atoms with Crippen molar-refractivity contribution in [3.8, 4) is 0 Å². The molecule has 100 valence electrons. The molecular weight excluding hydrogens is 234 g/mol. The van der Waals surface area contributed by atoms with Gasteiger partial charge in [-0.1, -0.05) is 60.7 Å². The number of hydrogen-bond acceptors (Lipinski definition) is 2. The van der Waals surface area contributed by atoms with Crippen molar-refractivity contribution in [1.82, 2.24) is 5.32 Å². The number of nitrogens with one attached hydrogen (secondary N) is 1. The molecule has 0 aromatic heterocycles. The Balaban J connectivity index is 1.99. The Morgan fingerprint density at radius 2 is 1.53 bits per heavy atom. The van der Waals surface area contributed by atoms with E-state index in [1.54, 1.807) is 0 Å². The van der Waals surface area contributed by atoms with E-state index in [0.29, 0.717) is 6.54 Å². The van der Waals surface area contributed by atoms with E-state index in [2.05, 4.69) is 24.4 Å². The van der Waals surface area contributed by atoms with Gasteiger partial charge in [0, 0.05) is 12.6 Å². The Labute approximate surface area is 115 Å². The predicted octanol–water partition coefficient (Wildman–Crippen LogP) is 3.24. The summed E-state index contributed by atoms with van der Waals surface area (Å²) >= 11 is 0. The van der Waals surface area contributed by atoms with Crippen LogP contribution >= 0.6 is 0 Å². The number of aliphatic hydroxyl groups is 1. The fourth-order valence-corrected chi connectivity index (χ4v) is 2.11. The summed E-state index contributed by atoms with van der Waals surface area (Å²) in [4.78, 5) is 0. The second kappa shape index (κ2) is 6.00. The molecule has 0 bridgehead atoms. The van der Waals surface area contributed by atoms with Gasteiger partial charge in [-0.15, -0.1) is 0 Å². The van der Waals surface area contributed by atoms with Gasteiger partial charge in [0.2, 0.25) is 0 Å². The lowest BCUT2D eigenvalue weighted by molar-refractivity contribution is 0.0543. The first-order chi connectivity index (χ1) is 9.09. The highest BCUT2D eigenvalue weighted by Gasteiger charge is 2.23. The largest absolute Gasteiger partial charge is 0.384 e. The highest BCUT2D eigenvalue weighted by atomic mass is 16.3. The van der Waals surface area contributed by atoms with Crippen LogP contribution in [0, 0.1) is 0 Å². The van der Waals surface area contributed by atoms with E-state index < -0.39 is 5.60 Å². The maximum atomic E-state index is 10.5. The van der Waals surface area contributed by atoms with Crippen molar-refractivity contribution in [2.45, 2.75) is 25.5 Å². The molecular formula is C17H21NO. The fraction of sp³-hybridized carbons (Fsp3) is 0.294. The van der Waals surface area contributed by atoms with Crippen LogP contribution in [0.25, 0.3) is 0 Å². The van der Waals surface area contributed by atoms with Crippen molar-refractivity contribution in [3.63, 3.8) is 0 Å². The van der Waals surface area contributed by atoms with Gasteiger partial charge in [0.05, 0.1) is 5.60 Å². The lowest BCUT2D eigenvalue weighted by Gasteiger charge is -2.26. The molecule has 19 heavy (non-hydrogen) atoms. The fourth-order valence-electron chi connectivity index (χ4n) is 2.11. The van der Waals surface area contributed by atoms with E-state index >= 15 is 0 Å². The van der Waals surface area contributed by atoms with Crippen molar-refractivity contribution < 1.29 is 5.11 Å². The van der Waals surface area contributed by atoms with Crippen LogP contribution in [0.15, 0.2) is 60.7 Å². The quantitative estimate of drug-likeness (QED) is 0.859. The third-order valence-electron chi connectivity index (χ3n) is 3.45. The summed E-state index contributed by atoms with van der Waals surface area (Å²) in [6.45, 7) is 4.47. The van der Waals surface area contributed by atoms with E-state index in [-0.39, 0.29) is 6.04 Å². The van der Waals surface area contributed by atoms with Crippen LogP contribution in [0.3, 0.4) is 0 Å². The van der Waals surface area contributed by atoms with Crippen molar-refractivity contribution >= 4 is 0 Å². The van der Waals surface area contributed by atoms with Gasteiger partial charge in [-0.25, -0.2) is 0 Å². The second-order valence-electron chi connectivity index (χ2n) is 5.15. The van der Waals surface area contributed by atoms with Crippen LogP contribution in [0.2, 0.25) is 0 Å². The Kier molecular flexibility index (Phi) is 4.35. The van der Waals surface area contributed by atoms with E-state index in [9.17, 15) is 5.11 Å². The molecule has 0 saturated carbocycles. The van der Waals surface area contributed by atoms with Gasteiger partial charge in [-0.2, -0.15) is 0 Å². The minimum atomic E-state index is -0.857. The number of rotatable bonds is 5. The third kappa shape index (κ3) is 3.66. The van der Waals surface area contributed by atoms with Gasteiger partial charge in [0.25, 0.3) is 0 Å². The average Bonchev–Trinajstić information content (AvgIpc) is 2.47. The van der Waals surface area contributed by atoms with Gasteiger partial charge in [0.15, 0.2) is 0 Å². The van der Waals surface area contributed by atoms with Gasteiger partial charge < -0.3 is 10.4 Å². The van der Waals surface area contributed by atoms with Crippen LogP contribution < -0.4 is 5.32 Å². The molecule has 2 N–H and O–H groups in total. The highest BCUT2D eigenvalue weighted by molar-refractivity contribution is 5.22. The molecule has 0 amide bonds. The first kappa shape index (κ1) is 13.8. The minimum absolute atomic E-state index is 0.219. The molecule has 2 atom stereocenters. The molecule has 2 aromatic carbocycles. The predicted molar refractivity (Wildman–Crippen MR) is 78.9 cm³/mol. The molecule has 0 aliphatic rings. The zero-order valence-electron chi connectivity index (χ0n) is 11.5. The van der Waals surface area contributed by atoms with Crippen LogP contribution in [0.5, 0.6) is 0 Å². The van der Waals surface area contributed by atoms with E-state index in [0.717, 1.165) is 5.56 Å². The summed E-state index contributed by atoms with van der Waals surface area (Å²) in [7, 11) is 0. The summed E-state index contributed by atoms with van der Waals surface area (Å²) in [6.07, 6.45) is 0. The number of hydrogen-bond donors (Lipinski definition) is 2. The topological polar surface area (TPSA) is 32.3 Å². The molecule has 2 rings (SSSR count). The molecule has 0 aliphatic carbocycles.